The Morgan fingerprint density at radius 3 is 2.75 bits per heavy atom. The van der Waals surface area contributed by atoms with Gasteiger partial charge in [-0.3, -0.25) is 14.9 Å². The maximum atomic E-state index is 12.4. The summed E-state index contributed by atoms with van der Waals surface area (Å²) in [4.78, 5) is 23.4. The van der Waals surface area contributed by atoms with E-state index in [0.29, 0.717) is 17.0 Å². The third kappa shape index (κ3) is 1.11. The first kappa shape index (κ1) is 11.2. The number of nitro groups is 1. The molecule has 0 bridgehead atoms. The summed E-state index contributed by atoms with van der Waals surface area (Å²) in [5, 5.41) is 14.1. The molecule has 1 aliphatic heterocycles. The number of anilines is 1. The average Bonchev–Trinajstić information content (AvgIpc) is 2.73. The Hall–Kier alpha value is -2.63. The first-order valence-electron chi connectivity index (χ1n) is 6.25. The summed E-state index contributed by atoms with van der Waals surface area (Å²) in [5.74, 6) is -0.378. The summed E-state index contributed by atoms with van der Waals surface area (Å²) < 4.78 is 5.30. The molecule has 2 aliphatic rings. The van der Waals surface area contributed by atoms with E-state index in [-0.39, 0.29) is 10.8 Å². The van der Waals surface area contributed by atoms with Crippen molar-refractivity contribution in [3.05, 3.63) is 64.1 Å². The molecular weight excluding hydrogens is 260 g/mol. The molecule has 2 aromatic rings. The molecule has 1 aromatic heterocycles. The number of amides is 1. The second kappa shape index (κ2) is 3.47. The molecule has 0 unspecified atom stereocenters. The van der Waals surface area contributed by atoms with Gasteiger partial charge in [0.25, 0.3) is 0 Å². The van der Waals surface area contributed by atoms with Crippen molar-refractivity contribution >= 4 is 11.6 Å². The van der Waals surface area contributed by atoms with Crippen molar-refractivity contribution in [1.82, 2.24) is 0 Å². The normalized spacial score (nSPS) is 30.1. The fourth-order valence-electron chi connectivity index (χ4n) is 3.41. The van der Waals surface area contributed by atoms with Crippen LogP contribution in [0.3, 0.4) is 0 Å². The number of benzene rings is 1. The number of fused-ring (bicyclic) bond motifs is 2. The van der Waals surface area contributed by atoms with Gasteiger partial charge in [-0.25, -0.2) is 0 Å². The fourth-order valence-corrected chi connectivity index (χ4v) is 3.41. The van der Waals surface area contributed by atoms with Crippen LogP contribution in [0.5, 0.6) is 0 Å². The largest absolute Gasteiger partial charge is 0.469 e. The lowest BCUT2D eigenvalue weighted by Crippen LogP contribution is -2.26. The van der Waals surface area contributed by atoms with E-state index in [1.165, 1.54) is 6.26 Å². The topological polar surface area (TPSA) is 85.4 Å². The molecule has 2 heterocycles. The minimum Gasteiger partial charge on any atom is -0.469 e. The molecule has 6 nitrogen and oxygen atoms in total. The molecule has 0 radical (unpaired) electrons. The molecule has 1 amide bonds. The summed E-state index contributed by atoms with van der Waals surface area (Å²) in [6.45, 7) is 0. The molecule has 100 valence electrons. The van der Waals surface area contributed by atoms with Crippen LogP contribution in [0, 0.1) is 10.1 Å². The van der Waals surface area contributed by atoms with Crippen LogP contribution in [0.1, 0.15) is 17.2 Å². The molecule has 1 N–H and O–H groups in total. The highest BCUT2D eigenvalue weighted by Gasteiger charge is 2.82. The highest BCUT2D eigenvalue weighted by molar-refractivity contribution is 6.10. The minimum atomic E-state index is -1.13. The Bertz CT molecular complexity index is 725. The molecule has 0 saturated heterocycles. The maximum Gasteiger partial charge on any atom is 0.244 e. The summed E-state index contributed by atoms with van der Waals surface area (Å²) in [6, 6.07) is 9.50. The second-order valence-corrected chi connectivity index (χ2v) is 5.09. The molecular formula is C14H10N2O4. The Kier molecular flexibility index (Phi) is 1.95. The van der Waals surface area contributed by atoms with Crippen LogP contribution >= 0.6 is 0 Å². The molecule has 1 fully saturated rings. The first-order valence-corrected chi connectivity index (χ1v) is 6.25. The van der Waals surface area contributed by atoms with Gasteiger partial charge in [-0.2, -0.15) is 0 Å². The van der Waals surface area contributed by atoms with Gasteiger partial charge in [-0.1, -0.05) is 18.2 Å². The smallest absolute Gasteiger partial charge is 0.244 e. The second-order valence-electron chi connectivity index (χ2n) is 5.09. The number of rotatable bonds is 2. The molecule has 3 atom stereocenters. The van der Waals surface area contributed by atoms with E-state index in [0.717, 1.165) is 0 Å². The van der Waals surface area contributed by atoms with Gasteiger partial charge in [0.15, 0.2) is 5.41 Å². The molecule has 1 saturated carbocycles. The Labute approximate surface area is 113 Å². The van der Waals surface area contributed by atoms with Crippen molar-refractivity contribution in [1.29, 1.82) is 0 Å². The lowest BCUT2D eigenvalue weighted by molar-refractivity contribution is -0.499. The molecule has 20 heavy (non-hydrogen) atoms. The number of carbonyl (C=O) groups excluding carboxylic acids is 1. The highest BCUT2D eigenvalue weighted by Crippen LogP contribution is 2.65. The van der Waals surface area contributed by atoms with Gasteiger partial charge in [0.2, 0.25) is 11.9 Å². The lowest BCUT2D eigenvalue weighted by atomic mass is 9.93. The number of nitrogens with one attached hydrogen (secondary N) is 1. The van der Waals surface area contributed by atoms with Gasteiger partial charge in [-0.15, -0.1) is 0 Å². The van der Waals surface area contributed by atoms with E-state index in [1.807, 2.05) is 0 Å². The van der Waals surface area contributed by atoms with Gasteiger partial charge in [0.05, 0.1) is 6.26 Å². The van der Waals surface area contributed by atoms with Gasteiger partial charge in [0, 0.05) is 10.6 Å². The van der Waals surface area contributed by atoms with Crippen molar-refractivity contribution < 1.29 is 14.1 Å². The third-order valence-electron chi connectivity index (χ3n) is 4.24. The van der Waals surface area contributed by atoms with Gasteiger partial charge >= 0.3 is 0 Å². The van der Waals surface area contributed by atoms with E-state index < -0.39 is 17.4 Å². The Morgan fingerprint density at radius 2 is 2.05 bits per heavy atom. The zero-order valence-corrected chi connectivity index (χ0v) is 10.3. The quantitative estimate of drug-likeness (QED) is 0.667. The highest BCUT2D eigenvalue weighted by atomic mass is 16.6. The molecule has 4 rings (SSSR count). The van der Waals surface area contributed by atoms with Gasteiger partial charge in [-0.05, 0) is 23.8 Å². The number of para-hydroxylation sites is 1. The van der Waals surface area contributed by atoms with Crippen LogP contribution in [-0.4, -0.2) is 16.9 Å². The van der Waals surface area contributed by atoms with Crippen LogP contribution in [0.2, 0.25) is 0 Å². The molecule has 1 spiro atoms. The van der Waals surface area contributed by atoms with E-state index >= 15 is 0 Å². The first-order chi connectivity index (χ1) is 9.67. The van der Waals surface area contributed by atoms with Crippen LogP contribution < -0.4 is 5.32 Å². The summed E-state index contributed by atoms with van der Waals surface area (Å²) >= 11 is 0. The zero-order chi connectivity index (χ0) is 13.9. The number of furan rings is 1. The average molecular weight is 270 g/mol. The van der Waals surface area contributed by atoms with Crippen LogP contribution in [0.15, 0.2) is 47.1 Å². The maximum absolute atomic E-state index is 12.4. The fraction of sp³-hybridized carbons (Fsp3) is 0.214. The van der Waals surface area contributed by atoms with E-state index in [1.54, 1.807) is 36.4 Å². The predicted octanol–water partition coefficient (Wildman–Crippen LogP) is 1.91. The Balaban J connectivity index is 1.92. The van der Waals surface area contributed by atoms with Crippen LogP contribution in [0.25, 0.3) is 0 Å². The van der Waals surface area contributed by atoms with Crippen molar-refractivity contribution in [2.75, 3.05) is 5.32 Å². The number of hydrogen-bond donors (Lipinski definition) is 1. The van der Waals surface area contributed by atoms with Crippen molar-refractivity contribution in [3.63, 3.8) is 0 Å². The van der Waals surface area contributed by atoms with Crippen LogP contribution in [-0.2, 0) is 10.2 Å². The van der Waals surface area contributed by atoms with Crippen molar-refractivity contribution in [2.24, 2.45) is 0 Å². The number of nitrogens with zero attached hydrogens (tertiary/aromatic N) is 1. The molecule has 1 aromatic carbocycles. The summed E-state index contributed by atoms with van der Waals surface area (Å²) in [7, 11) is 0. The van der Waals surface area contributed by atoms with Gasteiger partial charge in [0.1, 0.15) is 11.7 Å². The summed E-state index contributed by atoms with van der Waals surface area (Å²) in [5.41, 5.74) is 0.212. The van der Waals surface area contributed by atoms with E-state index in [9.17, 15) is 14.9 Å². The Morgan fingerprint density at radius 1 is 1.25 bits per heavy atom. The van der Waals surface area contributed by atoms with Crippen molar-refractivity contribution in [3.8, 4) is 0 Å². The SMILES string of the molecule is O=C1Nc2ccccc2[C@@]12[C@@H]([N+](=O)[O-])[C@@H]2c1ccco1. The zero-order valence-electron chi connectivity index (χ0n) is 10.3. The number of hydrogen-bond acceptors (Lipinski definition) is 4. The summed E-state index contributed by atoms with van der Waals surface area (Å²) in [6.07, 6.45) is 1.47. The monoisotopic (exact) mass is 270 g/mol. The standard InChI is InChI=1S/C14H10N2O4/c17-13-14(8-4-1-2-5-9(8)15-13)11(12(14)16(18)19)10-6-3-7-20-10/h1-7,11-12H,(H,15,17)/t11-,12-,14+/m0/s1. The van der Waals surface area contributed by atoms with E-state index in [2.05, 4.69) is 5.32 Å². The molecule has 1 aliphatic carbocycles. The predicted molar refractivity (Wildman–Crippen MR) is 69.0 cm³/mol. The van der Waals surface area contributed by atoms with Gasteiger partial charge < -0.3 is 9.73 Å². The van der Waals surface area contributed by atoms with E-state index in [4.69, 9.17) is 4.42 Å². The third-order valence-corrected chi connectivity index (χ3v) is 4.24. The lowest BCUT2D eigenvalue weighted by Gasteiger charge is -2.04. The molecule has 6 heteroatoms. The minimum absolute atomic E-state index is 0.318. The van der Waals surface area contributed by atoms with Crippen LogP contribution in [0.4, 0.5) is 5.69 Å². The van der Waals surface area contributed by atoms with Crippen molar-refractivity contribution in [2.45, 2.75) is 17.4 Å². The number of carbonyl (C=O) groups is 1.